The number of rotatable bonds is 4. The van der Waals surface area contributed by atoms with Crippen molar-refractivity contribution in [1.29, 1.82) is 0 Å². The Labute approximate surface area is 124 Å². The lowest BCUT2D eigenvalue weighted by Gasteiger charge is -2.03. The van der Waals surface area contributed by atoms with Gasteiger partial charge in [-0.2, -0.15) is 5.10 Å². The fraction of sp³-hybridized carbons (Fsp3) is 0. The average Bonchev–Trinajstić information content (AvgIpc) is 3.17. The predicted molar refractivity (Wildman–Crippen MR) is 79.0 cm³/mol. The van der Waals surface area contributed by atoms with Crippen molar-refractivity contribution in [2.45, 2.75) is 0 Å². The number of nitrogens with zero attached hydrogens (tertiary/aromatic N) is 3. The van der Waals surface area contributed by atoms with Crippen LogP contribution < -0.4 is 0 Å². The molecule has 0 atom stereocenters. The molecule has 0 aliphatic rings. The molecule has 21 heavy (non-hydrogen) atoms. The minimum Gasteiger partial charge on any atom is -0.288 e. The zero-order valence-electron chi connectivity index (χ0n) is 10.8. The van der Waals surface area contributed by atoms with Crippen molar-refractivity contribution >= 4 is 23.2 Å². The average molecular weight is 299 g/mol. The minimum absolute atomic E-state index is 0.0919. The lowest BCUT2D eigenvalue weighted by atomic mass is 10.1. The van der Waals surface area contributed by atoms with E-state index in [9.17, 15) is 9.18 Å². The highest BCUT2D eigenvalue weighted by Gasteiger charge is 2.06. The monoisotopic (exact) mass is 299 g/mol. The first-order chi connectivity index (χ1) is 10.2. The lowest BCUT2D eigenvalue weighted by Crippen LogP contribution is -1.98. The van der Waals surface area contributed by atoms with E-state index in [1.165, 1.54) is 40.8 Å². The molecule has 0 aliphatic heterocycles. The molecule has 3 aromatic rings. The molecule has 0 bridgehead atoms. The van der Waals surface area contributed by atoms with Gasteiger partial charge in [-0.25, -0.2) is 14.1 Å². The largest absolute Gasteiger partial charge is 0.288 e. The van der Waals surface area contributed by atoms with Crippen LogP contribution in [-0.4, -0.2) is 20.5 Å². The maximum Gasteiger partial charge on any atom is 0.195 e. The van der Waals surface area contributed by atoms with Crippen LogP contribution in [0.2, 0.25) is 0 Å². The van der Waals surface area contributed by atoms with Crippen LogP contribution in [0.1, 0.15) is 15.2 Å². The summed E-state index contributed by atoms with van der Waals surface area (Å²) in [5, 5.41) is 5.72. The van der Waals surface area contributed by atoms with Crippen LogP contribution in [0.4, 0.5) is 4.39 Å². The Morgan fingerprint density at radius 3 is 2.90 bits per heavy atom. The topological polar surface area (TPSA) is 47.8 Å². The summed E-state index contributed by atoms with van der Waals surface area (Å²) in [6.45, 7) is 0. The molecule has 0 unspecified atom stereocenters. The quantitative estimate of drug-likeness (QED) is 0.548. The highest BCUT2D eigenvalue weighted by atomic mass is 32.1. The zero-order chi connectivity index (χ0) is 14.7. The second kappa shape index (κ2) is 5.80. The number of ketones is 1. The summed E-state index contributed by atoms with van der Waals surface area (Å²) in [6.07, 6.45) is 5.80. The van der Waals surface area contributed by atoms with Gasteiger partial charge >= 0.3 is 0 Å². The van der Waals surface area contributed by atoms with Gasteiger partial charge in [0.25, 0.3) is 0 Å². The number of halogens is 1. The number of thiophene rings is 1. The van der Waals surface area contributed by atoms with Gasteiger partial charge < -0.3 is 0 Å². The molecule has 0 saturated heterocycles. The predicted octanol–water partition coefficient (Wildman–Crippen LogP) is 3.36. The van der Waals surface area contributed by atoms with Crippen LogP contribution in [0, 0.1) is 5.82 Å². The van der Waals surface area contributed by atoms with E-state index in [4.69, 9.17) is 0 Å². The third-order valence-electron chi connectivity index (χ3n) is 2.83. The first-order valence-corrected chi connectivity index (χ1v) is 7.02. The van der Waals surface area contributed by atoms with Crippen molar-refractivity contribution in [2.75, 3.05) is 0 Å². The molecule has 0 fully saturated rings. The van der Waals surface area contributed by atoms with Gasteiger partial charge in [-0.15, -0.1) is 11.3 Å². The molecule has 0 aliphatic carbocycles. The van der Waals surface area contributed by atoms with Crippen molar-refractivity contribution in [2.24, 2.45) is 0 Å². The van der Waals surface area contributed by atoms with Crippen LogP contribution in [0.5, 0.6) is 0 Å². The van der Waals surface area contributed by atoms with E-state index < -0.39 is 5.82 Å². The van der Waals surface area contributed by atoms with Crippen molar-refractivity contribution in [3.8, 4) is 5.69 Å². The van der Waals surface area contributed by atoms with E-state index >= 15 is 0 Å². The summed E-state index contributed by atoms with van der Waals surface area (Å²) in [5.74, 6) is -0.517. The van der Waals surface area contributed by atoms with Crippen molar-refractivity contribution in [1.82, 2.24) is 14.8 Å². The van der Waals surface area contributed by atoms with Gasteiger partial charge in [-0.05, 0) is 35.2 Å². The third-order valence-corrected chi connectivity index (χ3v) is 3.71. The molecular formula is C15H10FN3OS. The maximum absolute atomic E-state index is 14.0. The number of hydrogen-bond donors (Lipinski definition) is 0. The highest BCUT2D eigenvalue weighted by Crippen LogP contribution is 2.16. The minimum atomic E-state index is -0.425. The second-order valence-corrected chi connectivity index (χ2v) is 5.17. The molecule has 1 aromatic carbocycles. The van der Waals surface area contributed by atoms with Gasteiger partial charge in [0.15, 0.2) is 5.78 Å². The first kappa shape index (κ1) is 13.4. The Hall–Kier alpha value is -2.60. The molecule has 2 heterocycles. The molecule has 0 N–H and O–H groups in total. The molecule has 3 rings (SSSR count). The van der Waals surface area contributed by atoms with Gasteiger partial charge in [0, 0.05) is 0 Å². The lowest BCUT2D eigenvalue weighted by molar-refractivity contribution is 0.105. The van der Waals surface area contributed by atoms with E-state index in [-0.39, 0.29) is 5.78 Å². The van der Waals surface area contributed by atoms with E-state index in [2.05, 4.69) is 10.1 Å². The van der Waals surface area contributed by atoms with Crippen molar-refractivity contribution in [3.05, 3.63) is 70.7 Å². The summed E-state index contributed by atoms with van der Waals surface area (Å²) in [5.41, 5.74) is 0.926. The van der Waals surface area contributed by atoms with Gasteiger partial charge in [0.1, 0.15) is 24.2 Å². The molecule has 4 nitrogen and oxygen atoms in total. The molecule has 0 spiro atoms. The SMILES string of the molecule is O=C(/C=C/c1ccc(-n2cncn2)c(F)c1)c1cccs1. The van der Waals surface area contributed by atoms with Crippen LogP contribution in [0.3, 0.4) is 0 Å². The number of allylic oxidation sites excluding steroid dienone is 1. The van der Waals surface area contributed by atoms with E-state index in [1.807, 2.05) is 11.4 Å². The summed E-state index contributed by atoms with van der Waals surface area (Å²) in [7, 11) is 0. The summed E-state index contributed by atoms with van der Waals surface area (Å²) in [6, 6.07) is 8.25. The van der Waals surface area contributed by atoms with E-state index in [0.29, 0.717) is 16.1 Å². The normalized spacial score (nSPS) is 11.1. The molecule has 104 valence electrons. The zero-order valence-corrected chi connectivity index (χ0v) is 11.6. The molecule has 0 amide bonds. The highest BCUT2D eigenvalue weighted by molar-refractivity contribution is 7.12. The summed E-state index contributed by atoms with van der Waals surface area (Å²) < 4.78 is 15.4. The van der Waals surface area contributed by atoms with Gasteiger partial charge in [-0.1, -0.05) is 18.2 Å². The Morgan fingerprint density at radius 2 is 2.24 bits per heavy atom. The third kappa shape index (κ3) is 2.95. The van der Waals surface area contributed by atoms with Gasteiger partial charge in [-0.3, -0.25) is 4.79 Å². The fourth-order valence-electron chi connectivity index (χ4n) is 1.82. The molecular weight excluding hydrogens is 289 g/mol. The number of carbonyl (C=O) groups excluding carboxylic acids is 1. The fourth-order valence-corrected chi connectivity index (χ4v) is 2.46. The van der Waals surface area contributed by atoms with Gasteiger partial charge in [0.05, 0.1) is 4.88 Å². The Balaban J connectivity index is 1.81. The van der Waals surface area contributed by atoms with Crippen molar-refractivity contribution < 1.29 is 9.18 Å². The van der Waals surface area contributed by atoms with E-state index in [0.717, 1.165) is 0 Å². The molecule has 0 radical (unpaired) electrons. The summed E-state index contributed by atoms with van der Waals surface area (Å²) >= 11 is 1.38. The Bertz CT molecular complexity index is 779. The van der Waals surface area contributed by atoms with E-state index in [1.54, 1.807) is 24.3 Å². The van der Waals surface area contributed by atoms with Crippen LogP contribution in [0.15, 0.2) is 54.4 Å². The standard InChI is InChI=1S/C15H10FN3OS/c16-12-8-11(3-5-13(12)19-10-17-9-18-19)4-6-14(20)15-2-1-7-21-15/h1-10H/b6-4+. The number of carbonyl (C=O) groups is 1. The number of benzene rings is 1. The molecule has 0 saturated carbocycles. The van der Waals surface area contributed by atoms with Crippen molar-refractivity contribution in [3.63, 3.8) is 0 Å². The first-order valence-electron chi connectivity index (χ1n) is 6.14. The van der Waals surface area contributed by atoms with Crippen LogP contribution >= 0.6 is 11.3 Å². The number of hydrogen-bond acceptors (Lipinski definition) is 4. The maximum atomic E-state index is 14.0. The summed E-state index contributed by atoms with van der Waals surface area (Å²) in [4.78, 5) is 16.3. The Kier molecular flexibility index (Phi) is 3.70. The van der Waals surface area contributed by atoms with Gasteiger partial charge in [0.2, 0.25) is 0 Å². The Morgan fingerprint density at radius 1 is 1.33 bits per heavy atom. The second-order valence-electron chi connectivity index (χ2n) is 4.23. The molecule has 2 aromatic heterocycles. The number of aromatic nitrogens is 3. The van der Waals surface area contributed by atoms with Crippen LogP contribution in [0.25, 0.3) is 11.8 Å². The molecule has 6 heteroatoms. The van der Waals surface area contributed by atoms with Crippen LogP contribution in [-0.2, 0) is 0 Å². The smallest absolute Gasteiger partial charge is 0.195 e.